The zero-order chi connectivity index (χ0) is 6.85. The zero-order valence-electron chi connectivity index (χ0n) is 6.05. The number of nitrogens with zero attached hydrogens (tertiary/aromatic N) is 2. The first-order valence-electron chi connectivity index (χ1n) is 3.10. The Morgan fingerprint density at radius 2 is 2.33 bits per heavy atom. The molecule has 0 saturated heterocycles. The Balaban J connectivity index is 2.94. The lowest BCUT2D eigenvalue weighted by molar-refractivity contribution is -0.680. The molecule has 0 radical (unpaired) electrons. The van der Waals surface area contributed by atoms with Gasteiger partial charge in [0, 0.05) is 11.0 Å². The predicted octanol–water partition coefficient (Wildman–Crippen LogP) is 0.358. The van der Waals surface area contributed by atoms with E-state index in [9.17, 15) is 0 Å². The number of aryl methyl sites for hydroxylation is 1. The molecule has 1 heterocycles. The van der Waals surface area contributed by atoms with Crippen LogP contribution in [0.1, 0.15) is 25.6 Å². The van der Waals surface area contributed by atoms with Crippen molar-refractivity contribution in [1.29, 1.82) is 0 Å². The molecule has 50 valence electrons. The molecule has 0 amide bonds. The molecule has 0 aliphatic heterocycles. The highest BCUT2D eigenvalue weighted by Crippen LogP contribution is 2.02. The van der Waals surface area contributed by atoms with Gasteiger partial charge in [0.25, 0.3) is 6.33 Å². The van der Waals surface area contributed by atoms with E-state index in [0.29, 0.717) is 5.92 Å². The molecule has 1 rings (SSSR count). The third-order valence-electron chi connectivity index (χ3n) is 1.34. The largest absolute Gasteiger partial charge is 0.264 e. The smallest absolute Gasteiger partial charge is 0.237 e. The van der Waals surface area contributed by atoms with Gasteiger partial charge >= 0.3 is 0 Å². The molecule has 0 unspecified atom stereocenters. The maximum Gasteiger partial charge on any atom is 0.264 e. The lowest BCUT2D eigenvalue weighted by atomic mass is 10.2. The summed E-state index contributed by atoms with van der Waals surface area (Å²) in [5.41, 5.74) is 0. The number of hydrogen-bond donors (Lipinski definition) is 1. The first kappa shape index (κ1) is 6.26. The van der Waals surface area contributed by atoms with Crippen LogP contribution in [0, 0.1) is 0 Å². The minimum atomic E-state index is 0.525. The first-order chi connectivity index (χ1) is 4.22. The normalized spacial score (nSPS) is 10.7. The summed E-state index contributed by atoms with van der Waals surface area (Å²) in [5.74, 6) is 1.69. The van der Waals surface area contributed by atoms with Gasteiger partial charge in [-0.1, -0.05) is 13.8 Å². The van der Waals surface area contributed by atoms with E-state index in [-0.39, 0.29) is 0 Å². The molecular formula is C6H12N3+. The van der Waals surface area contributed by atoms with E-state index in [2.05, 4.69) is 24.0 Å². The van der Waals surface area contributed by atoms with E-state index in [1.807, 2.05) is 11.6 Å². The van der Waals surface area contributed by atoms with Gasteiger partial charge in [0.2, 0.25) is 5.82 Å². The first-order valence-corrected chi connectivity index (χ1v) is 3.10. The maximum absolute atomic E-state index is 3.88. The van der Waals surface area contributed by atoms with Crippen molar-refractivity contribution >= 4 is 0 Å². The molecule has 3 nitrogen and oxygen atoms in total. The monoisotopic (exact) mass is 126 g/mol. The van der Waals surface area contributed by atoms with Crippen LogP contribution in [-0.2, 0) is 7.05 Å². The third-order valence-corrected chi connectivity index (χ3v) is 1.34. The summed E-state index contributed by atoms with van der Waals surface area (Å²) in [6.07, 6.45) is 1.77. The molecule has 0 saturated carbocycles. The van der Waals surface area contributed by atoms with Crippen molar-refractivity contribution in [1.82, 2.24) is 10.2 Å². The van der Waals surface area contributed by atoms with Gasteiger partial charge in [0.15, 0.2) is 0 Å². The van der Waals surface area contributed by atoms with Crippen molar-refractivity contribution in [3.63, 3.8) is 0 Å². The third kappa shape index (κ3) is 1.09. The Bertz CT molecular complexity index is 190. The molecule has 1 aromatic rings. The Labute approximate surface area is 54.7 Å². The van der Waals surface area contributed by atoms with E-state index in [1.165, 1.54) is 0 Å². The molecule has 0 spiro atoms. The quantitative estimate of drug-likeness (QED) is 0.541. The Morgan fingerprint density at radius 1 is 1.67 bits per heavy atom. The molecule has 0 atom stereocenters. The van der Waals surface area contributed by atoms with Crippen molar-refractivity contribution in [2.45, 2.75) is 19.8 Å². The average molecular weight is 126 g/mol. The molecule has 3 heteroatoms. The van der Waals surface area contributed by atoms with Gasteiger partial charge in [-0.2, -0.15) is 0 Å². The van der Waals surface area contributed by atoms with Gasteiger partial charge < -0.3 is 0 Å². The van der Waals surface area contributed by atoms with Crippen LogP contribution in [0.2, 0.25) is 0 Å². The van der Waals surface area contributed by atoms with Crippen LogP contribution in [0.3, 0.4) is 0 Å². The van der Waals surface area contributed by atoms with Gasteiger partial charge in [-0.05, 0) is 0 Å². The van der Waals surface area contributed by atoms with Crippen LogP contribution in [0.15, 0.2) is 6.33 Å². The average Bonchev–Trinajstić information content (AvgIpc) is 2.13. The van der Waals surface area contributed by atoms with Crippen molar-refractivity contribution in [2.24, 2.45) is 7.05 Å². The summed E-state index contributed by atoms with van der Waals surface area (Å²) in [7, 11) is 1.98. The van der Waals surface area contributed by atoms with Gasteiger partial charge in [0.05, 0.1) is 7.05 Å². The number of hydrogen-bond acceptors (Lipinski definition) is 1. The summed E-state index contributed by atoms with van der Waals surface area (Å²) in [6, 6.07) is 0. The number of aromatic nitrogens is 3. The predicted molar refractivity (Wildman–Crippen MR) is 33.9 cm³/mol. The molecule has 0 fully saturated rings. The summed E-state index contributed by atoms with van der Waals surface area (Å²) in [6.45, 7) is 4.26. The molecule has 0 aliphatic carbocycles. The summed E-state index contributed by atoms with van der Waals surface area (Å²) in [5, 5.41) is 6.80. The second-order valence-electron chi connectivity index (χ2n) is 2.51. The SMILES string of the molecule is CC(C)c1[nH]nc[n+]1C. The molecule has 1 N–H and O–H groups in total. The van der Waals surface area contributed by atoms with E-state index in [0.717, 1.165) is 5.82 Å². The van der Waals surface area contributed by atoms with Gasteiger partial charge in [-0.15, -0.1) is 5.10 Å². The highest BCUT2D eigenvalue weighted by Gasteiger charge is 2.09. The molecule has 1 aromatic heterocycles. The van der Waals surface area contributed by atoms with E-state index in [4.69, 9.17) is 0 Å². The molecule has 0 aromatic carbocycles. The summed E-state index contributed by atoms with van der Waals surface area (Å²) < 4.78 is 1.99. The molecule has 0 aliphatic rings. The summed E-state index contributed by atoms with van der Waals surface area (Å²) in [4.78, 5) is 0. The molecule has 0 bridgehead atoms. The van der Waals surface area contributed by atoms with Crippen LogP contribution in [0.5, 0.6) is 0 Å². The van der Waals surface area contributed by atoms with Gasteiger partial charge in [0.1, 0.15) is 0 Å². The van der Waals surface area contributed by atoms with E-state index in [1.54, 1.807) is 6.33 Å². The van der Waals surface area contributed by atoms with Crippen LogP contribution < -0.4 is 4.57 Å². The lowest BCUT2D eigenvalue weighted by Crippen LogP contribution is -2.31. The fourth-order valence-electron chi connectivity index (χ4n) is 0.859. The number of H-pyrrole nitrogens is 1. The fourth-order valence-corrected chi connectivity index (χ4v) is 0.859. The van der Waals surface area contributed by atoms with Crippen LogP contribution in [0.25, 0.3) is 0 Å². The minimum Gasteiger partial charge on any atom is -0.237 e. The molecule has 9 heavy (non-hydrogen) atoms. The van der Waals surface area contributed by atoms with Crippen LogP contribution >= 0.6 is 0 Å². The van der Waals surface area contributed by atoms with Crippen LogP contribution in [0.4, 0.5) is 0 Å². The van der Waals surface area contributed by atoms with Crippen molar-refractivity contribution < 1.29 is 4.57 Å². The fraction of sp³-hybridized carbons (Fsp3) is 0.667. The van der Waals surface area contributed by atoms with Crippen molar-refractivity contribution in [2.75, 3.05) is 0 Å². The second-order valence-corrected chi connectivity index (χ2v) is 2.51. The topological polar surface area (TPSA) is 32.6 Å². The lowest BCUT2D eigenvalue weighted by Gasteiger charge is -1.94. The number of rotatable bonds is 1. The Morgan fingerprint density at radius 3 is 2.56 bits per heavy atom. The molecular weight excluding hydrogens is 114 g/mol. The highest BCUT2D eigenvalue weighted by molar-refractivity contribution is 4.78. The van der Waals surface area contributed by atoms with Crippen molar-refractivity contribution in [3.05, 3.63) is 12.2 Å². The standard InChI is InChI=1S/C6H11N3/c1-5(2)6-8-7-4-9(6)3/h4-5H,1-3H3/p+1. The van der Waals surface area contributed by atoms with Gasteiger partial charge in [-0.25, -0.2) is 4.57 Å². The minimum absolute atomic E-state index is 0.525. The second kappa shape index (κ2) is 2.17. The number of nitrogens with one attached hydrogen (secondary N) is 1. The highest BCUT2D eigenvalue weighted by atomic mass is 15.2. The maximum atomic E-state index is 3.88. The van der Waals surface area contributed by atoms with Crippen LogP contribution in [-0.4, -0.2) is 10.2 Å². The van der Waals surface area contributed by atoms with E-state index >= 15 is 0 Å². The zero-order valence-corrected chi connectivity index (χ0v) is 6.05. The van der Waals surface area contributed by atoms with Gasteiger partial charge in [-0.3, -0.25) is 0 Å². The summed E-state index contributed by atoms with van der Waals surface area (Å²) >= 11 is 0. The Hall–Kier alpha value is -0.860. The van der Waals surface area contributed by atoms with Crippen molar-refractivity contribution in [3.8, 4) is 0 Å². The Kier molecular flexibility index (Phi) is 1.51. The van der Waals surface area contributed by atoms with E-state index < -0.39 is 0 Å². The number of aromatic amines is 1.